The van der Waals surface area contributed by atoms with Crippen LogP contribution in [-0.2, 0) is 24.1 Å². The van der Waals surface area contributed by atoms with Gasteiger partial charge in [-0.05, 0) is 37.5 Å². The van der Waals surface area contributed by atoms with E-state index in [0.29, 0.717) is 43.7 Å². The van der Waals surface area contributed by atoms with Gasteiger partial charge in [0, 0.05) is 44.2 Å². The average Bonchev–Trinajstić information content (AvgIpc) is 2.99. The van der Waals surface area contributed by atoms with Crippen LogP contribution >= 0.6 is 0 Å². The third kappa shape index (κ3) is 3.49. The zero-order valence-corrected chi connectivity index (χ0v) is 16.3. The summed E-state index contributed by atoms with van der Waals surface area (Å²) in [5.74, 6) is -0.372. The minimum Gasteiger partial charge on any atom is -0.481 e. The minimum absolute atomic E-state index is 0.0445. The van der Waals surface area contributed by atoms with Crippen molar-refractivity contribution in [1.29, 1.82) is 0 Å². The summed E-state index contributed by atoms with van der Waals surface area (Å²) in [6, 6.07) is 0. The molecular formula is C20H31NO6. The van der Waals surface area contributed by atoms with Crippen LogP contribution in [0.1, 0.15) is 65.2 Å². The van der Waals surface area contributed by atoms with Crippen LogP contribution in [0.5, 0.6) is 0 Å². The Bertz CT molecular complexity index is 597. The zero-order chi connectivity index (χ0) is 19.2. The first-order chi connectivity index (χ1) is 12.8. The molecule has 0 radical (unpaired) electrons. The molecule has 0 aromatic rings. The van der Waals surface area contributed by atoms with Crippen LogP contribution in [0.4, 0.5) is 0 Å². The Balaban J connectivity index is 1.39. The van der Waals surface area contributed by atoms with Gasteiger partial charge in [-0.3, -0.25) is 9.59 Å². The van der Waals surface area contributed by atoms with Gasteiger partial charge in [-0.1, -0.05) is 13.8 Å². The van der Waals surface area contributed by atoms with Gasteiger partial charge in [-0.2, -0.15) is 9.78 Å². The Morgan fingerprint density at radius 2 is 1.78 bits per heavy atom. The number of fused-ring (bicyclic) bond motifs is 3. The van der Waals surface area contributed by atoms with E-state index < -0.39 is 17.5 Å². The number of rotatable bonds is 3. The molecule has 2 heterocycles. The fourth-order valence-corrected chi connectivity index (χ4v) is 5.79. The molecule has 1 amide bonds. The third-order valence-corrected chi connectivity index (χ3v) is 7.08. The molecule has 4 rings (SSSR count). The molecule has 2 spiro atoms. The van der Waals surface area contributed by atoms with E-state index in [9.17, 15) is 9.59 Å². The molecule has 1 N–H and O–H groups in total. The maximum absolute atomic E-state index is 12.2. The molecule has 0 aromatic carbocycles. The number of carbonyl (C=O) groups is 2. The van der Waals surface area contributed by atoms with E-state index in [1.54, 1.807) is 4.90 Å². The Labute approximate surface area is 160 Å². The van der Waals surface area contributed by atoms with Gasteiger partial charge in [0.15, 0.2) is 0 Å². The lowest BCUT2D eigenvalue weighted by molar-refractivity contribution is -0.380. The molecule has 7 nitrogen and oxygen atoms in total. The van der Waals surface area contributed by atoms with Gasteiger partial charge in [0.25, 0.3) is 0 Å². The molecule has 2 aliphatic heterocycles. The molecule has 2 saturated heterocycles. The van der Waals surface area contributed by atoms with Crippen molar-refractivity contribution in [2.45, 2.75) is 76.8 Å². The predicted octanol–water partition coefficient (Wildman–Crippen LogP) is 2.94. The van der Waals surface area contributed by atoms with Crippen LogP contribution in [0.15, 0.2) is 0 Å². The Morgan fingerprint density at radius 3 is 2.48 bits per heavy atom. The highest BCUT2D eigenvalue weighted by Crippen LogP contribution is 2.57. The van der Waals surface area contributed by atoms with Crippen LogP contribution in [-0.4, -0.2) is 46.5 Å². The number of likely N-dealkylation sites (tertiary alicyclic amines) is 1. The van der Waals surface area contributed by atoms with E-state index in [1.165, 1.54) is 6.42 Å². The molecular weight excluding hydrogens is 350 g/mol. The summed E-state index contributed by atoms with van der Waals surface area (Å²) >= 11 is 0. The van der Waals surface area contributed by atoms with Crippen molar-refractivity contribution in [2.24, 2.45) is 23.7 Å². The summed E-state index contributed by atoms with van der Waals surface area (Å²) < 4.78 is 6.61. The number of nitrogens with zero attached hydrogens (tertiary/aromatic N) is 1. The van der Waals surface area contributed by atoms with E-state index in [-0.39, 0.29) is 18.7 Å². The second-order valence-electron chi connectivity index (χ2n) is 9.19. The third-order valence-electron chi connectivity index (χ3n) is 7.08. The second kappa shape index (κ2) is 7.01. The molecule has 0 aromatic heterocycles. The SMILES string of the molecule is CC1CC2CC(C)C3(OOC4(CCN(C(=O)CCC(=O)O)CC4)O3)C(C1)C2. The molecule has 5 unspecified atom stereocenters. The lowest BCUT2D eigenvalue weighted by atomic mass is 9.62. The maximum Gasteiger partial charge on any atom is 0.303 e. The highest BCUT2D eigenvalue weighted by atomic mass is 17.3. The lowest BCUT2D eigenvalue weighted by Crippen LogP contribution is -2.55. The topological polar surface area (TPSA) is 85.3 Å². The largest absolute Gasteiger partial charge is 0.481 e. The van der Waals surface area contributed by atoms with E-state index in [2.05, 4.69) is 13.8 Å². The van der Waals surface area contributed by atoms with Gasteiger partial charge in [0.05, 0.1) is 6.42 Å². The smallest absolute Gasteiger partial charge is 0.303 e. The summed E-state index contributed by atoms with van der Waals surface area (Å²) in [7, 11) is 0. The van der Waals surface area contributed by atoms with Gasteiger partial charge in [-0.15, -0.1) is 0 Å². The molecule has 4 aliphatic rings. The van der Waals surface area contributed by atoms with Gasteiger partial charge in [-0.25, -0.2) is 0 Å². The number of ether oxygens (including phenoxy) is 1. The number of carboxylic acid groups (broad SMARTS) is 1. The molecule has 5 atom stereocenters. The first-order valence-electron chi connectivity index (χ1n) is 10.4. The molecule has 2 saturated carbocycles. The first kappa shape index (κ1) is 19.2. The molecule has 7 heteroatoms. The van der Waals surface area contributed by atoms with E-state index in [1.807, 2.05) is 0 Å². The summed E-state index contributed by atoms with van der Waals surface area (Å²) in [5, 5.41) is 8.76. The normalized spacial score (nSPS) is 40.4. The Morgan fingerprint density at radius 1 is 1.04 bits per heavy atom. The number of piperidine rings is 1. The Hall–Kier alpha value is -1.18. The summed E-state index contributed by atoms with van der Waals surface area (Å²) in [6.07, 6.45) is 5.71. The number of carboxylic acids is 1. The summed E-state index contributed by atoms with van der Waals surface area (Å²) in [6.45, 7) is 5.55. The van der Waals surface area contributed by atoms with Crippen molar-refractivity contribution in [3.8, 4) is 0 Å². The zero-order valence-electron chi connectivity index (χ0n) is 16.3. The summed E-state index contributed by atoms with van der Waals surface area (Å²) in [4.78, 5) is 36.4. The molecule has 27 heavy (non-hydrogen) atoms. The van der Waals surface area contributed by atoms with Crippen molar-refractivity contribution >= 4 is 11.9 Å². The summed E-state index contributed by atoms with van der Waals surface area (Å²) in [5.41, 5.74) is 0. The first-order valence-corrected chi connectivity index (χ1v) is 10.4. The number of amides is 1. The highest BCUT2D eigenvalue weighted by Gasteiger charge is 2.63. The molecule has 2 aliphatic carbocycles. The van der Waals surface area contributed by atoms with Gasteiger partial charge in [0.2, 0.25) is 17.5 Å². The van der Waals surface area contributed by atoms with Crippen LogP contribution in [0.25, 0.3) is 0 Å². The lowest BCUT2D eigenvalue weighted by Gasteiger charge is -2.50. The predicted molar refractivity (Wildman–Crippen MR) is 95.2 cm³/mol. The van der Waals surface area contributed by atoms with Crippen LogP contribution < -0.4 is 0 Å². The van der Waals surface area contributed by atoms with Gasteiger partial charge < -0.3 is 14.7 Å². The number of aliphatic carboxylic acids is 1. The van der Waals surface area contributed by atoms with Gasteiger partial charge in [0.1, 0.15) is 0 Å². The van der Waals surface area contributed by atoms with Gasteiger partial charge >= 0.3 is 5.97 Å². The monoisotopic (exact) mass is 381 g/mol. The maximum atomic E-state index is 12.2. The van der Waals surface area contributed by atoms with Crippen molar-refractivity contribution in [3.63, 3.8) is 0 Å². The second-order valence-corrected chi connectivity index (χ2v) is 9.19. The quantitative estimate of drug-likeness (QED) is 0.757. The highest BCUT2D eigenvalue weighted by molar-refractivity contribution is 5.80. The van der Waals surface area contributed by atoms with E-state index in [4.69, 9.17) is 19.6 Å². The van der Waals surface area contributed by atoms with Crippen molar-refractivity contribution < 1.29 is 29.2 Å². The van der Waals surface area contributed by atoms with E-state index >= 15 is 0 Å². The van der Waals surface area contributed by atoms with Crippen LogP contribution in [0.2, 0.25) is 0 Å². The average molecular weight is 381 g/mol. The number of hydrogen-bond donors (Lipinski definition) is 1. The number of carbonyl (C=O) groups excluding carboxylic acids is 1. The van der Waals surface area contributed by atoms with E-state index in [0.717, 1.165) is 25.2 Å². The molecule has 152 valence electrons. The fourth-order valence-electron chi connectivity index (χ4n) is 5.79. The molecule has 2 bridgehead atoms. The van der Waals surface area contributed by atoms with Crippen molar-refractivity contribution in [2.75, 3.05) is 13.1 Å². The van der Waals surface area contributed by atoms with Crippen molar-refractivity contribution in [1.82, 2.24) is 4.90 Å². The van der Waals surface area contributed by atoms with Crippen LogP contribution in [0.3, 0.4) is 0 Å². The van der Waals surface area contributed by atoms with Crippen molar-refractivity contribution in [3.05, 3.63) is 0 Å². The number of hydrogen-bond acceptors (Lipinski definition) is 5. The minimum atomic E-state index is -0.944. The Kier molecular flexibility index (Phi) is 4.97. The molecule has 4 fully saturated rings. The van der Waals surface area contributed by atoms with Crippen LogP contribution in [0, 0.1) is 23.7 Å². The standard InChI is InChI=1S/C20H31NO6/c1-13-9-15-11-14(2)20(16(10-13)12-15)25-19(26-27-20)5-7-21(8-6-19)17(22)3-4-18(23)24/h13-16H,3-12H2,1-2H3,(H,23,24). The fraction of sp³-hybridized carbons (Fsp3) is 0.900.